The lowest BCUT2D eigenvalue weighted by Gasteiger charge is -2.25. The first kappa shape index (κ1) is 18.5. The SMILES string of the molecule is CC(C)(C)c1cc(C(C)(C)C)c2oc(O)c(C3=c4ccccc4=NC3=O)c2c1. The zero-order valence-corrected chi connectivity index (χ0v) is 17.2. The van der Waals surface area contributed by atoms with E-state index in [1.165, 1.54) is 0 Å². The van der Waals surface area contributed by atoms with Crippen LogP contribution in [0, 0.1) is 0 Å². The highest BCUT2D eigenvalue weighted by atomic mass is 16.5. The van der Waals surface area contributed by atoms with Crippen LogP contribution in [0.3, 0.4) is 0 Å². The first-order valence-corrected chi connectivity index (χ1v) is 9.52. The number of carbonyl (C=O) groups is 1. The van der Waals surface area contributed by atoms with E-state index in [9.17, 15) is 9.90 Å². The van der Waals surface area contributed by atoms with Gasteiger partial charge in [0.15, 0.2) is 0 Å². The lowest BCUT2D eigenvalue weighted by atomic mass is 9.79. The first-order chi connectivity index (χ1) is 13.0. The van der Waals surface area contributed by atoms with Crippen LogP contribution < -0.4 is 10.6 Å². The van der Waals surface area contributed by atoms with Crippen LogP contribution in [-0.2, 0) is 15.6 Å². The molecule has 3 aromatic rings. The van der Waals surface area contributed by atoms with Gasteiger partial charge in [0, 0.05) is 16.2 Å². The van der Waals surface area contributed by atoms with Crippen molar-refractivity contribution in [1.29, 1.82) is 0 Å². The highest BCUT2D eigenvalue weighted by Crippen LogP contribution is 2.43. The minimum atomic E-state index is -0.349. The maximum Gasteiger partial charge on any atom is 0.291 e. The third-order valence-corrected chi connectivity index (χ3v) is 5.30. The summed E-state index contributed by atoms with van der Waals surface area (Å²) in [6.45, 7) is 12.8. The van der Waals surface area contributed by atoms with Crippen LogP contribution in [0.25, 0.3) is 16.5 Å². The van der Waals surface area contributed by atoms with E-state index in [4.69, 9.17) is 4.42 Å². The second-order valence-corrected chi connectivity index (χ2v) is 9.49. The largest absolute Gasteiger partial charge is 0.480 e. The summed E-state index contributed by atoms with van der Waals surface area (Å²) in [5.74, 6) is -0.584. The molecule has 2 heterocycles. The number of hydrogen-bond acceptors (Lipinski definition) is 3. The van der Waals surface area contributed by atoms with Gasteiger partial charge in [0.05, 0.1) is 16.5 Å². The molecule has 0 saturated heterocycles. The average molecular weight is 375 g/mol. The van der Waals surface area contributed by atoms with Gasteiger partial charge in [0.1, 0.15) is 5.58 Å². The molecule has 1 N–H and O–H groups in total. The summed E-state index contributed by atoms with van der Waals surface area (Å²) >= 11 is 0. The van der Waals surface area contributed by atoms with Crippen molar-refractivity contribution < 1.29 is 14.3 Å². The quantitative estimate of drug-likeness (QED) is 0.697. The third kappa shape index (κ3) is 2.75. The maximum absolute atomic E-state index is 12.7. The Balaban J connectivity index is 2.17. The summed E-state index contributed by atoms with van der Waals surface area (Å²) in [4.78, 5) is 16.9. The van der Waals surface area contributed by atoms with E-state index in [1.54, 1.807) is 6.07 Å². The predicted molar refractivity (Wildman–Crippen MR) is 110 cm³/mol. The molecule has 0 aliphatic carbocycles. The number of hydrogen-bond donors (Lipinski definition) is 1. The van der Waals surface area contributed by atoms with Gasteiger partial charge in [-0.2, -0.15) is 0 Å². The van der Waals surface area contributed by atoms with Crippen molar-refractivity contribution in [2.24, 2.45) is 4.99 Å². The summed E-state index contributed by atoms with van der Waals surface area (Å²) in [6, 6.07) is 11.6. The van der Waals surface area contributed by atoms with Gasteiger partial charge < -0.3 is 9.52 Å². The zero-order valence-electron chi connectivity index (χ0n) is 17.2. The monoisotopic (exact) mass is 375 g/mol. The maximum atomic E-state index is 12.7. The van der Waals surface area contributed by atoms with Crippen LogP contribution >= 0.6 is 0 Å². The number of benzene rings is 2. The highest BCUT2D eigenvalue weighted by Gasteiger charge is 2.31. The van der Waals surface area contributed by atoms with Crippen molar-refractivity contribution >= 4 is 22.4 Å². The Morgan fingerprint density at radius 3 is 2.29 bits per heavy atom. The molecular weight excluding hydrogens is 350 g/mol. The van der Waals surface area contributed by atoms with Gasteiger partial charge >= 0.3 is 0 Å². The van der Waals surface area contributed by atoms with Crippen molar-refractivity contribution in [3.8, 4) is 5.95 Å². The van der Waals surface area contributed by atoms with Crippen molar-refractivity contribution in [1.82, 2.24) is 0 Å². The molecule has 28 heavy (non-hydrogen) atoms. The molecule has 0 bridgehead atoms. The molecule has 1 aliphatic rings. The Hall–Kier alpha value is -2.88. The van der Waals surface area contributed by atoms with E-state index < -0.39 is 0 Å². The Labute approximate surface area is 164 Å². The van der Waals surface area contributed by atoms with Gasteiger partial charge in [-0.05, 0) is 28.5 Å². The second-order valence-electron chi connectivity index (χ2n) is 9.49. The molecule has 2 aromatic carbocycles. The standard InChI is InChI=1S/C24H25NO3/c1-23(2,3)13-11-15-19(18-14-9-7-8-10-17(14)25-21(18)26)22(27)28-20(15)16(12-13)24(4,5)6/h7-12,27H,1-6H3. The first-order valence-electron chi connectivity index (χ1n) is 9.52. The van der Waals surface area contributed by atoms with E-state index in [2.05, 4.69) is 52.6 Å². The van der Waals surface area contributed by atoms with Crippen molar-refractivity contribution in [3.05, 3.63) is 63.7 Å². The van der Waals surface area contributed by atoms with Crippen LogP contribution in [0.15, 0.2) is 45.8 Å². The molecule has 0 atom stereocenters. The topological polar surface area (TPSA) is 62.8 Å². The van der Waals surface area contributed by atoms with Gasteiger partial charge in [-0.25, -0.2) is 4.99 Å². The van der Waals surface area contributed by atoms with Crippen LogP contribution in [-0.4, -0.2) is 11.0 Å². The van der Waals surface area contributed by atoms with Gasteiger partial charge in [-0.3, -0.25) is 4.79 Å². The van der Waals surface area contributed by atoms with Gasteiger partial charge in [0.25, 0.3) is 11.9 Å². The van der Waals surface area contributed by atoms with E-state index in [0.717, 1.165) is 21.7 Å². The number of amides is 1. The van der Waals surface area contributed by atoms with E-state index >= 15 is 0 Å². The Morgan fingerprint density at radius 2 is 1.64 bits per heavy atom. The number of aromatic hydroxyl groups is 1. The van der Waals surface area contributed by atoms with Crippen molar-refractivity contribution in [2.45, 2.75) is 52.4 Å². The number of rotatable bonds is 1. The number of nitrogens with zero attached hydrogens (tertiary/aromatic N) is 1. The molecule has 4 nitrogen and oxygen atoms in total. The minimum absolute atomic E-state index is 0.0923. The highest BCUT2D eigenvalue weighted by molar-refractivity contribution is 6.24. The predicted octanol–water partition coefficient (Wildman–Crippen LogP) is 4.09. The molecule has 0 saturated carbocycles. The molecule has 1 aromatic heterocycles. The average Bonchev–Trinajstić information content (AvgIpc) is 3.07. The lowest BCUT2D eigenvalue weighted by Crippen LogP contribution is -2.22. The Morgan fingerprint density at radius 1 is 0.964 bits per heavy atom. The molecule has 144 valence electrons. The van der Waals surface area contributed by atoms with Crippen LogP contribution in [0.4, 0.5) is 0 Å². The van der Waals surface area contributed by atoms with E-state index in [0.29, 0.717) is 22.1 Å². The molecule has 1 amide bonds. The summed E-state index contributed by atoms with van der Waals surface area (Å²) < 4.78 is 5.84. The molecule has 4 rings (SSSR count). The van der Waals surface area contributed by atoms with Gasteiger partial charge in [0.2, 0.25) is 0 Å². The van der Waals surface area contributed by atoms with Crippen LogP contribution in [0.5, 0.6) is 5.95 Å². The summed E-state index contributed by atoms with van der Waals surface area (Å²) in [7, 11) is 0. The smallest absolute Gasteiger partial charge is 0.291 e. The van der Waals surface area contributed by atoms with Crippen LogP contribution in [0.2, 0.25) is 0 Å². The lowest BCUT2D eigenvalue weighted by molar-refractivity contribution is -0.112. The Bertz CT molecular complexity index is 1250. The molecule has 1 aliphatic heterocycles. The van der Waals surface area contributed by atoms with Gasteiger partial charge in [-0.15, -0.1) is 0 Å². The molecule has 0 unspecified atom stereocenters. The van der Waals surface area contributed by atoms with Crippen molar-refractivity contribution in [2.75, 3.05) is 0 Å². The zero-order chi connectivity index (χ0) is 20.4. The summed E-state index contributed by atoms with van der Waals surface area (Å²) in [5, 5.41) is 12.8. The number of para-hydroxylation sites is 1. The molecule has 0 spiro atoms. The minimum Gasteiger partial charge on any atom is -0.480 e. The summed E-state index contributed by atoms with van der Waals surface area (Å²) in [6.07, 6.45) is 0. The second kappa shape index (κ2) is 5.81. The molecule has 4 heteroatoms. The third-order valence-electron chi connectivity index (χ3n) is 5.30. The van der Waals surface area contributed by atoms with Gasteiger partial charge in [-0.1, -0.05) is 65.8 Å². The number of carbonyl (C=O) groups excluding carboxylic acids is 1. The fourth-order valence-corrected chi connectivity index (χ4v) is 3.72. The van der Waals surface area contributed by atoms with Crippen LogP contribution in [0.1, 0.15) is 58.2 Å². The fraction of sp³-hybridized carbons (Fsp3) is 0.333. The normalized spacial score (nSPS) is 14.5. The van der Waals surface area contributed by atoms with E-state index in [-0.39, 0.29) is 22.7 Å². The van der Waals surface area contributed by atoms with Crippen molar-refractivity contribution in [3.63, 3.8) is 0 Å². The molecule has 0 radical (unpaired) electrons. The number of fused-ring (bicyclic) bond motifs is 2. The molecule has 0 fully saturated rings. The summed E-state index contributed by atoms with van der Waals surface area (Å²) in [5.41, 5.74) is 3.32. The number of furan rings is 1. The Kier molecular flexibility index (Phi) is 3.83. The van der Waals surface area contributed by atoms with E-state index in [1.807, 2.05) is 24.3 Å². The molecular formula is C24H25NO3. The fourth-order valence-electron chi connectivity index (χ4n) is 3.72.